The predicted molar refractivity (Wildman–Crippen MR) is 52.5 cm³/mol. The molecular formula is C8H6BrFO3S. The standard InChI is InChI=1S/C8H6BrFO3S/c9-8(5-11)6-2-1-3-7(4-6)14(10,12)13/h1-5,8H. The Hall–Kier alpha value is -0.750. The summed E-state index contributed by atoms with van der Waals surface area (Å²) in [6.07, 6.45) is 0.587. The maximum absolute atomic E-state index is 12.5. The molecule has 1 aromatic rings. The van der Waals surface area contributed by atoms with Gasteiger partial charge in [0.05, 0.1) is 9.72 Å². The van der Waals surface area contributed by atoms with Crippen LogP contribution in [0.15, 0.2) is 29.2 Å². The lowest BCUT2D eigenvalue weighted by Crippen LogP contribution is -1.96. The van der Waals surface area contributed by atoms with Crippen molar-refractivity contribution in [3.05, 3.63) is 29.8 Å². The zero-order valence-electron chi connectivity index (χ0n) is 6.85. The molecule has 0 aliphatic heterocycles. The SMILES string of the molecule is O=CC(Br)c1cccc(S(=O)(=O)F)c1. The van der Waals surface area contributed by atoms with Crippen molar-refractivity contribution in [3.8, 4) is 0 Å². The van der Waals surface area contributed by atoms with Gasteiger partial charge in [0.15, 0.2) is 0 Å². The monoisotopic (exact) mass is 280 g/mol. The van der Waals surface area contributed by atoms with Gasteiger partial charge in [-0.05, 0) is 17.7 Å². The fourth-order valence-corrected chi connectivity index (χ4v) is 1.72. The second-order valence-corrected chi connectivity index (χ2v) is 4.88. The van der Waals surface area contributed by atoms with Crippen molar-refractivity contribution in [2.45, 2.75) is 9.72 Å². The fourth-order valence-electron chi connectivity index (χ4n) is 0.916. The summed E-state index contributed by atoms with van der Waals surface area (Å²) in [5.74, 6) is 0. The first-order valence-electron chi connectivity index (χ1n) is 3.59. The van der Waals surface area contributed by atoms with Crippen LogP contribution < -0.4 is 0 Å². The number of hydrogen-bond donors (Lipinski definition) is 0. The Morgan fingerprint density at radius 1 is 1.43 bits per heavy atom. The van der Waals surface area contributed by atoms with Gasteiger partial charge in [0, 0.05) is 0 Å². The summed E-state index contributed by atoms with van der Waals surface area (Å²) in [6.45, 7) is 0. The van der Waals surface area contributed by atoms with E-state index in [-0.39, 0.29) is 0 Å². The Morgan fingerprint density at radius 2 is 2.07 bits per heavy atom. The second-order valence-electron chi connectivity index (χ2n) is 2.55. The highest BCUT2D eigenvalue weighted by atomic mass is 79.9. The van der Waals surface area contributed by atoms with E-state index in [2.05, 4.69) is 15.9 Å². The summed E-state index contributed by atoms with van der Waals surface area (Å²) in [5.41, 5.74) is 0.402. The van der Waals surface area contributed by atoms with Gasteiger partial charge in [-0.25, -0.2) is 0 Å². The Balaban J connectivity index is 3.20. The Bertz CT molecular complexity index is 444. The molecule has 6 heteroatoms. The van der Waals surface area contributed by atoms with E-state index in [0.29, 0.717) is 11.8 Å². The maximum Gasteiger partial charge on any atom is 0.332 e. The van der Waals surface area contributed by atoms with E-state index in [1.807, 2.05) is 0 Å². The lowest BCUT2D eigenvalue weighted by atomic mass is 10.2. The summed E-state index contributed by atoms with van der Waals surface area (Å²) in [4.78, 5) is 9.31. The average Bonchev–Trinajstić information content (AvgIpc) is 2.15. The number of hydrogen-bond acceptors (Lipinski definition) is 3. The van der Waals surface area contributed by atoms with Gasteiger partial charge in [0.1, 0.15) is 6.29 Å². The van der Waals surface area contributed by atoms with E-state index in [0.717, 1.165) is 12.1 Å². The molecule has 0 aliphatic rings. The van der Waals surface area contributed by atoms with Crippen LogP contribution in [-0.2, 0) is 15.0 Å². The van der Waals surface area contributed by atoms with Gasteiger partial charge in [0.2, 0.25) is 0 Å². The molecule has 0 radical (unpaired) electrons. The van der Waals surface area contributed by atoms with E-state index in [9.17, 15) is 17.1 Å². The molecule has 0 bridgehead atoms. The van der Waals surface area contributed by atoms with Crippen molar-refractivity contribution >= 4 is 32.4 Å². The van der Waals surface area contributed by atoms with Gasteiger partial charge in [-0.15, -0.1) is 3.89 Å². The van der Waals surface area contributed by atoms with Gasteiger partial charge in [0.25, 0.3) is 0 Å². The van der Waals surface area contributed by atoms with E-state index >= 15 is 0 Å². The molecule has 76 valence electrons. The van der Waals surface area contributed by atoms with E-state index in [4.69, 9.17) is 0 Å². The molecule has 0 spiro atoms. The molecule has 1 unspecified atom stereocenters. The van der Waals surface area contributed by atoms with Gasteiger partial charge in [-0.2, -0.15) is 8.42 Å². The number of aldehydes is 1. The number of carbonyl (C=O) groups is 1. The van der Waals surface area contributed by atoms with Crippen LogP contribution in [0.2, 0.25) is 0 Å². The van der Waals surface area contributed by atoms with Crippen LogP contribution in [0, 0.1) is 0 Å². The number of carbonyl (C=O) groups excluding carboxylic acids is 1. The van der Waals surface area contributed by atoms with Crippen LogP contribution in [-0.4, -0.2) is 14.7 Å². The second kappa shape index (κ2) is 4.18. The molecule has 0 aromatic heterocycles. The largest absolute Gasteiger partial charge is 0.332 e. The molecule has 0 heterocycles. The average molecular weight is 281 g/mol. The topological polar surface area (TPSA) is 51.2 Å². The molecule has 1 rings (SSSR count). The van der Waals surface area contributed by atoms with Crippen molar-refractivity contribution in [2.75, 3.05) is 0 Å². The summed E-state index contributed by atoms with van der Waals surface area (Å²) in [6, 6.07) is 5.15. The molecule has 0 fully saturated rings. The first-order valence-corrected chi connectivity index (χ1v) is 5.89. The first-order chi connectivity index (χ1) is 6.45. The third kappa shape index (κ3) is 2.62. The molecule has 0 amide bonds. The van der Waals surface area contributed by atoms with Crippen molar-refractivity contribution in [3.63, 3.8) is 0 Å². The predicted octanol–water partition coefficient (Wildman–Crippen LogP) is 1.98. The molecule has 0 saturated carbocycles. The molecule has 14 heavy (non-hydrogen) atoms. The van der Waals surface area contributed by atoms with E-state index in [1.165, 1.54) is 12.1 Å². The van der Waals surface area contributed by atoms with Crippen LogP contribution in [0.3, 0.4) is 0 Å². The molecule has 0 saturated heterocycles. The quantitative estimate of drug-likeness (QED) is 0.483. The van der Waals surface area contributed by atoms with Crippen LogP contribution in [0.5, 0.6) is 0 Å². The molecule has 1 atom stereocenters. The minimum absolute atomic E-state index is 0.402. The summed E-state index contributed by atoms with van der Waals surface area (Å²) in [7, 11) is -4.70. The minimum Gasteiger partial charge on any atom is -0.302 e. The van der Waals surface area contributed by atoms with Crippen LogP contribution >= 0.6 is 15.9 Å². The van der Waals surface area contributed by atoms with Crippen LogP contribution in [0.4, 0.5) is 3.89 Å². The van der Waals surface area contributed by atoms with Gasteiger partial charge >= 0.3 is 10.2 Å². The lowest BCUT2D eigenvalue weighted by molar-refractivity contribution is -0.107. The molecule has 1 aromatic carbocycles. The Morgan fingerprint density at radius 3 is 2.57 bits per heavy atom. The Kier molecular flexibility index (Phi) is 3.38. The van der Waals surface area contributed by atoms with Gasteiger partial charge in [-0.3, -0.25) is 0 Å². The van der Waals surface area contributed by atoms with Crippen molar-refractivity contribution in [1.29, 1.82) is 0 Å². The summed E-state index contributed by atoms with van der Waals surface area (Å²) >= 11 is 3.00. The van der Waals surface area contributed by atoms with Crippen molar-refractivity contribution < 1.29 is 17.1 Å². The molecular weight excluding hydrogens is 275 g/mol. The number of rotatable bonds is 3. The van der Waals surface area contributed by atoms with Crippen molar-refractivity contribution in [1.82, 2.24) is 0 Å². The Labute approximate surface area is 89.3 Å². The number of alkyl halides is 1. The van der Waals surface area contributed by atoms with Crippen molar-refractivity contribution in [2.24, 2.45) is 0 Å². The highest BCUT2D eigenvalue weighted by Gasteiger charge is 2.14. The molecule has 0 N–H and O–H groups in total. The van der Waals surface area contributed by atoms with Gasteiger partial charge < -0.3 is 4.79 Å². The highest BCUT2D eigenvalue weighted by Crippen LogP contribution is 2.23. The van der Waals surface area contributed by atoms with E-state index < -0.39 is 19.9 Å². The molecule has 0 aliphatic carbocycles. The summed E-state index contributed by atoms with van der Waals surface area (Å²) < 4.78 is 33.6. The maximum atomic E-state index is 12.5. The minimum atomic E-state index is -4.70. The number of benzene rings is 1. The third-order valence-electron chi connectivity index (χ3n) is 1.58. The van der Waals surface area contributed by atoms with Crippen LogP contribution in [0.1, 0.15) is 10.4 Å². The zero-order chi connectivity index (χ0) is 10.8. The lowest BCUT2D eigenvalue weighted by Gasteiger charge is -2.02. The first kappa shape index (κ1) is 11.3. The third-order valence-corrected chi connectivity index (χ3v) is 3.14. The molecule has 3 nitrogen and oxygen atoms in total. The summed E-state index contributed by atoms with van der Waals surface area (Å²) in [5, 5.41) is 0. The fraction of sp³-hybridized carbons (Fsp3) is 0.125. The smallest absolute Gasteiger partial charge is 0.302 e. The van der Waals surface area contributed by atoms with E-state index in [1.54, 1.807) is 0 Å². The normalized spacial score (nSPS) is 13.6. The van der Waals surface area contributed by atoms with Gasteiger partial charge in [-0.1, -0.05) is 28.1 Å². The highest BCUT2D eigenvalue weighted by molar-refractivity contribution is 9.09. The zero-order valence-corrected chi connectivity index (χ0v) is 9.26. The van der Waals surface area contributed by atoms with Crippen LogP contribution in [0.25, 0.3) is 0 Å². The number of halogens is 2.